The molecule has 142 valence electrons. The van der Waals surface area contributed by atoms with Crippen molar-refractivity contribution in [3.05, 3.63) is 81.1 Å². The summed E-state index contributed by atoms with van der Waals surface area (Å²) in [5, 5.41) is 17.6. The number of methoxy groups -OCH3 is 1. The Morgan fingerprint density at radius 3 is 2.61 bits per heavy atom. The Hall–Kier alpha value is -4.01. The van der Waals surface area contributed by atoms with Gasteiger partial charge in [0.2, 0.25) is 5.91 Å². The van der Waals surface area contributed by atoms with Gasteiger partial charge in [0.1, 0.15) is 12.3 Å². The number of benzene rings is 2. The summed E-state index contributed by atoms with van der Waals surface area (Å²) in [5.74, 6) is -0.382. The molecule has 3 rings (SSSR count). The maximum atomic E-state index is 12.4. The lowest BCUT2D eigenvalue weighted by Crippen LogP contribution is -2.29. The number of amides is 1. The van der Waals surface area contributed by atoms with E-state index in [4.69, 9.17) is 4.74 Å². The van der Waals surface area contributed by atoms with Crippen LogP contribution in [-0.4, -0.2) is 27.7 Å². The number of carbonyl (C=O) groups excluding carboxylic acids is 1. The van der Waals surface area contributed by atoms with Gasteiger partial charge in [-0.1, -0.05) is 30.3 Å². The van der Waals surface area contributed by atoms with Gasteiger partial charge in [0.05, 0.1) is 29.5 Å². The molecule has 0 radical (unpaired) electrons. The van der Waals surface area contributed by atoms with Crippen molar-refractivity contribution in [3.8, 4) is 17.0 Å². The zero-order valence-corrected chi connectivity index (χ0v) is 14.9. The number of hydrogen-bond donors (Lipinski definition) is 1. The predicted octanol–water partition coefficient (Wildman–Crippen LogP) is 2.47. The number of anilines is 1. The van der Waals surface area contributed by atoms with Gasteiger partial charge in [0.15, 0.2) is 0 Å². The van der Waals surface area contributed by atoms with Crippen LogP contribution in [0.4, 0.5) is 11.4 Å². The lowest BCUT2D eigenvalue weighted by molar-refractivity contribution is -0.384. The van der Waals surface area contributed by atoms with Crippen LogP contribution in [0.25, 0.3) is 11.3 Å². The summed E-state index contributed by atoms with van der Waals surface area (Å²) in [6, 6.07) is 16.0. The van der Waals surface area contributed by atoms with Crippen LogP contribution in [-0.2, 0) is 11.3 Å². The highest BCUT2D eigenvalue weighted by Crippen LogP contribution is 2.28. The van der Waals surface area contributed by atoms with E-state index in [1.807, 2.05) is 30.3 Å². The van der Waals surface area contributed by atoms with E-state index in [0.29, 0.717) is 5.69 Å². The summed E-state index contributed by atoms with van der Waals surface area (Å²) in [6.45, 7) is -0.320. The molecule has 1 N–H and O–H groups in total. The molecular weight excluding hydrogens is 364 g/mol. The third-order valence-electron chi connectivity index (χ3n) is 3.90. The number of nitrogens with zero attached hydrogens (tertiary/aromatic N) is 3. The van der Waals surface area contributed by atoms with Crippen LogP contribution < -0.4 is 15.6 Å². The molecule has 1 aromatic heterocycles. The van der Waals surface area contributed by atoms with Crippen molar-refractivity contribution in [3.63, 3.8) is 0 Å². The van der Waals surface area contributed by atoms with Gasteiger partial charge in [-0.25, -0.2) is 4.68 Å². The van der Waals surface area contributed by atoms with E-state index in [1.54, 1.807) is 6.07 Å². The molecule has 1 amide bonds. The minimum Gasteiger partial charge on any atom is -0.494 e. The molecule has 0 spiro atoms. The van der Waals surface area contributed by atoms with Crippen molar-refractivity contribution in [2.45, 2.75) is 6.54 Å². The van der Waals surface area contributed by atoms with E-state index in [1.165, 1.54) is 31.4 Å². The van der Waals surface area contributed by atoms with Crippen LogP contribution in [0, 0.1) is 10.1 Å². The Morgan fingerprint density at radius 2 is 1.93 bits per heavy atom. The zero-order chi connectivity index (χ0) is 20.1. The summed E-state index contributed by atoms with van der Waals surface area (Å²) in [4.78, 5) is 34.7. The van der Waals surface area contributed by atoms with Gasteiger partial charge in [-0.05, 0) is 12.1 Å². The first-order chi connectivity index (χ1) is 13.5. The molecule has 9 heteroatoms. The molecule has 3 aromatic rings. The minimum absolute atomic E-state index is 0.140. The van der Waals surface area contributed by atoms with Crippen molar-refractivity contribution in [2.75, 3.05) is 12.4 Å². The monoisotopic (exact) mass is 380 g/mol. The Labute approximate surface area is 159 Å². The number of nitro groups is 1. The second kappa shape index (κ2) is 8.12. The fourth-order valence-electron chi connectivity index (χ4n) is 2.55. The van der Waals surface area contributed by atoms with Gasteiger partial charge < -0.3 is 10.1 Å². The average molecular weight is 380 g/mol. The highest BCUT2D eigenvalue weighted by atomic mass is 16.6. The molecule has 0 saturated carbocycles. The maximum Gasteiger partial charge on any atom is 0.273 e. The van der Waals surface area contributed by atoms with Gasteiger partial charge >= 0.3 is 0 Å². The molecule has 0 fully saturated rings. The van der Waals surface area contributed by atoms with Gasteiger partial charge in [-0.15, -0.1) is 0 Å². The summed E-state index contributed by atoms with van der Waals surface area (Å²) in [6.07, 6.45) is 0. The van der Waals surface area contributed by atoms with Gasteiger partial charge in [-0.3, -0.25) is 19.7 Å². The first-order valence-corrected chi connectivity index (χ1v) is 8.24. The highest BCUT2D eigenvalue weighted by Gasteiger charge is 2.14. The number of non-ortho nitro benzene ring substituents is 1. The Bertz CT molecular complexity index is 1080. The van der Waals surface area contributed by atoms with E-state index < -0.39 is 16.4 Å². The van der Waals surface area contributed by atoms with Crippen LogP contribution in [0.2, 0.25) is 0 Å². The van der Waals surface area contributed by atoms with Crippen LogP contribution >= 0.6 is 0 Å². The number of rotatable bonds is 6. The second-order valence-electron chi connectivity index (χ2n) is 5.77. The Balaban J connectivity index is 1.80. The molecule has 0 aliphatic carbocycles. The summed E-state index contributed by atoms with van der Waals surface area (Å²) in [5.41, 5.74) is 1.04. The normalized spacial score (nSPS) is 10.3. The molecular formula is C19H16N4O5. The molecule has 0 saturated heterocycles. The SMILES string of the molecule is COc1cc([N+](=O)[O-])ccc1NC(=O)Cn1nc(-c2ccccc2)ccc1=O. The lowest BCUT2D eigenvalue weighted by atomic mass is 10.1. The molecule has 0 aliphatic rings. The van der Waals surface area contributed by atoms with Crippen LogP contribution in [0.15, 0.2) is 65.5 Å². The van der Waals surface area contributed by atoms with Crippen LogP contribution in [0.1, 0.15) is 0 Å². The standard InChI is InChI=1S/C19H16N4O5/c1-28-17-11-14(23(26)27)7-8-16(17)20-18(24)12-22-19(25)10-9-15(21-22)13-5-3-2-4-6-13/h2-11H,12H2,1H3,(H,20,24). The molecule has 2 aromatic carbocycles. The minimum atomic E-state index is -0.563. The average Bonchev–Trinajstić information content (AvgIpc) is 2.70. The van der Waals surface area contributed by atoms with Crippen molar-refractivity contribution >= 4 is 17.3 Å². The lowest BCUT2D eigenvalue weighted by Gasteiger charge is -2.11. The fourth-order valence-corrected chi connectivity index (χ4v) is 2.55. The maximum absolute atomic E-state index is 12.4. The van der Waals surface area contributed by atoms with Crippen molar-refractivity contribution in [2.24, 2.45) is 0 Å². The number of nitro benzene ring substituents is 1. The van der Waals surface area contributed by atoms with Crippen molar-refractivity contribution < 1.29 is 14.5 Å². The molecule has 0 bridgehead atoms. The molecule has 0 atom stereocenters. The highest BCUT2D eigenvalue weighted by molar-refractivity contribution is 5.92. The summed E-state index contributed by atoms with van der Waals surface area (Å²) >= 11 is 0. The summed E-state index contributed by atoms with van der Waals surface area (Å²) < 4.78 is 6.14. The number of carbonyl (C=O) groups is 1. The van der Waals surface area contributed by atoms with Crippen LogP contribution in [0.3, 0.4) is 0 Å². The predicted molar refractivity (Wildman–Crippen MR) is 102 cm³/mol. The first kappa shape index (κ1) is 18.8. The zero-order valence-electron chi connectivity index (χ0n) is 14.9. The largest absolute Gasteiger partial charge is 0.494 e. The Morgan fingerprint density at radius 1 is 1.18 bits per heavy atom. The number of hydrogen-bond acceptors (Lipinski definition) is 6. The number of nitrogens with one attached hydrogen (secondary N) is 1. The third kappa shape index (κ3) is 4.21. The number of aromatic nitrogens is 2. The first-order valence-electron chi connectivity index (χ1n) is 8.24. The fraction of sp³-hybridized carbons (Fsp3) is 0.105. The van der Waals surface area contributed by atoms with Gasteiger partial charge in [0.25, 0.3) is 11.2 Å². The smallest absolute Gasteiger partial charge is 0.273 e. The Kier molecular flexibility index (Phi) is 5.45. The molecule has 1 heterocycles. The van der Waals surface area contributed by atoms with Crippen molar-refractivity contribution in [1.29, 1.82) is 0 Å². The van der Waals surface area contributed by atoms with Crippen LogP contribution in [0.5, 0.6) is 5.75 Å². The molecule has 28 heavy (non-hydrogen) atoms. The topological polar surface area (TPSA) is 116 Å². The van der Waals surface area contributed by atoms with Gasteiger partial charge in [-0.2, -0.15) is 5.10 Å². The van der Waals surface area contributed by atoms with E-state index in [-0.39, 0.29) is 23.7 Å². The summed E-state index contributed by atoms with van der Waals surface area (Å²) in [7, 11) is 1.34. The van der Waals surface area contributed by atoms with Crippen molar-refractivity contribution in [1.82, 2.24) is 9.78 Å². The van der Waals surface area contributed by atoms with E-state index in [0.717, 1.165) is 10.2 Å². The molecule has 0 unspecified atom stereocenters. The molecule has 0 aliphatic heterocycles. The number of ether oxygens (including phenoxy) is 1. The second-order valence-corrected chi connectivity index (χ2v) is 5.77. The third-order valence-corrected chi connectivity index (χ3v) is 3.90. The van der Waals surface area contributed by atoms with E-state index >= 15 is 0 Å². The van der Waals surface area contributed by atoms with Gasteiger partial charge in [0, 0.05) is 17.7 Å². The van der Waals surface area contributed by atoms with E-state index in [2.05, 4.69) is 10.4 Å². The quantitative estimate of drug-likeness (QED) is 0.519. The van der Waals surface area contributed by atoms with E-state index in [9.17, 15) is 19.7 Å². The molecule has 9 nitrogen and oxygen atoms in total.